The summed E-state index contributed by atoms with van der Waals surface area (Å²) < 4.78 is -2.14. The topological polar surface area (TPSA) is 74.8 Å². The lowest BCUT2D eigenvalue weighted by Gasteiger charge is -2.36. The van der Waals surface area contributed by atoms with Crippen molar-refractivity contribution in [3.63, 3.8) is 0 Å². The molecule has 39 heavy (non-hydrogen) atoms. The number of rotatable bonds is 5. The fourth-order valence-corrected chi connectivity index (χ4v) is 8.51. The summed E-state index contributed by atoms with van der Waals surface area (Å²) in [6.07, 6.45) is 0. The average molecular weight is 670 g/mol. The summed E-state index contributed by atoms with van der Waals surface area (Å²) >= 11 is 45.7. The number of hydrogen-bond donors (Lipinski definition) is 0. The van der Waals surface area contributed by atoms with E-state index in [0.717, 1.165) is 16.1 Å². The third-order valence-corrected chi connectivity index (χ3v) is 12.2. The van der Waals surface area contributed by atoms with E-state index < -0.39 is 56.0 Å². The van der Waals surface area contributed by atoms with Crippen molar-refractivity contribution in [1.29, 1.82) is 0 Å². The van der Waals surface area contributed by atoms with Crippen molar-refractivity contribution < 1.29 is 19.2 Å². The highest BCUT2D eigenvalue weighted by Gasteiger charge is 2.88. The number of fused-ring (bicyclic) bond motifs is 5. The minimum absolute atomic E-state index is 0.0430. The van der Waals surface area contributed by atoms with Gasteiger partial charge in [0.2, 0.25) is 0 Å². The maximum atomic E-state index is 13.9. The number of alkyl halides is 4. The molecule has 2 aromatic carbocycles. The highest BCUT2D eigenvalue weighted by atomic mass is 35.5. The first-order chi connectivity index (χ1) is 18.1. The van der Waals surface area contributed by atoms with Crippen LogP contribution in [0.2, 0.25) is 5.02 Å². The number of Topliss-reactive ketones (excluding diaryl/α,β-unsaturated/α-hetero) is 1. The molecule has 0 unspecified atom stereocenters. The minimum atomic E-state index is -2.14. The molecule has 4 atom stereocenters. The Balaban J connectivity index is 1.61. The first-order valence-electron chi connectivity index (χ1n) is 11.5. The molecule has 204 valence electrons. The second-order valence-corrected chi connectivity index (χ2v) is 13.3. The van der Waals surface area contributed by atoms with Crippen molar-refractivity contribution in [3.8, 4) is 0 Å². The summed E-state index contributed by atoms with van der Waals surface area (Å²) in [4.78, 5) is 50.9. The lowest BCUT2D eigenvalue weighted by molar-refractivity contribution is -0.154. The van der Waals surface area contributed by atoms with Crippen LogP contribution >= 0.6 is 81.2 Å². The van der Waals surface area contributed by atoms with Crippen molar-refractivity contribution in [2.24, 2.45) is 11.8 Å². The standard InChI is InChI=1S/C26H17Cl7N2O4/c1-11-7-8-13(9-12(11)2)16(36)10-34(21(37)14-5-3-4-6-15(14)27)35-22(38)17-18(23(35)39)25(31)20(29)19(28)24(17,30)26(25,32)33/h3-9,17-18H,10H2,1-2H3/t17-,18-,24+,25+/m0/s1. The smallest absolute Gasteiger partial charge is 0.274 e. The molecule has 0 N–H and O–H groups in total. The van der Waals surface area contributed by atoms with E-state index in [0.29, 0.717) is 5.01 Å². The number of allylic oxidation sites excluding steroid dienone is 2. The van der Waals surface area contributed by atoms with Crippen LogP contribution in [0.4, 0.5) is 0 Å². The number of imide groups is 1. The Morgan fingerprint density at radius 3 is 1.90 bits per heavy atom. The molecule has 2 fully saturated rings. The van der Waals surface area contributed by atoms with Gasteiger partial charge in [0.05, 0.1) is 32.5 Å². The zero-order chi connectivity index (χ0) is 28.8. The van der Waals surface area contributed by atoms with E-state index in [2.05, 4.69) is 0 Å². The molecule has 3 aliphatic rings. The van der Waals surface area contributed by atoms with Gasteiger partial charge in [0, 0.05) is 5.56 Å². The largest absolute Gasteiger partial charge is 0.292 e. The minimum Gasteiger partial charge on any atom is -0.292 e. The number of amides is 3. The lowest BCUT2D eigenvalue weighted by atomic mass is 9.84. The fourth-order valence-electron chi connectivity index (χ4n) is 5.37. The normalized spacial score (nSPS) is 28.8. The van der Waals surface area contributed by atoms with E-state index in [-0.39, 0.29) is 26.2 Å². The monoisotopic (exact) mass is 666 g/mol. The molecule has 2 aliphatic carbocycles. The Morgan fingerprint density at radius 2 is 1.38 bits per heavy atom. The molecule has 6 nitrogen and oxygen atoms in total. The second kappa shape index (κ2) is 9.52. The van der Waals surface area contributed by atoms with Crippen LogP contribution in [0.15, 0.2) is 52.5 Å². The molecular formula is C26H17Cl7N2O4. The van der Waals surface area contributed by atoms with E-state index >= 15 is 0 Å². The van der Waals surface area contributed by atoms with Gasteiger partial charge in [-0.1, -0.05) is 82.3 Å². The predicted octanol–water partition coefficient (Wildman–Crippen LogP) is 6.64. The third kappa shape index (κ3) is 3.69. The number of halogens is 7. The molecular weight excluding hydrogens is 652 g/mol. The van der Waals surface area contributed by atoms with Crippen LogP contribution in [-0.4, -0.2) is 54.1 Å². The molecule has 13 heteroatoms. The molecule has 0 radical (unpaired) electrons. The summed E-state index contributed by atoms with van der Waals surface area (Å²) in [5.74, 6) is -6.32. The summed E-state index contributed by atoms with van der Waals surface area (Å²) in [6.45, 7) is 3.03. The van der Waals surface area contributed by atoms with Crippen molar-refractivity contribution in [2.45, 2.75) is 27.9 Å². The number of hydrazine groups is 1. The van der Waals surface area contributed by atoms with Gasteiger partial charge in [0.15, 0.2) is 10.1 Å². The highest BCUT2D eigenvalue weighted by molar-refractivity contribution is 6.66. The lowest BCUT2D eigenvalue weighted by Crippen LogP contribution is -2.56. The van der Waals surface area contributed by atoms with Gasteiger partial charge in [-0.3, -0.25) is 19.2 Å². The summed E-state index contributed by atoms with van der Waals surface area (Å²) in [7, 11) is 0. The Labute approximate surface area is 258 Å². The van der Waals surface area contributed by atoms with Crippen molar-refractivity contribution in [3.05, 3.63) is 79.8 Å². The van der Waals surface area contributed by atoms with Crippen LogP contribution in [-0.2, 0) is 9.59 Å². The Hall–Kier alpha value is -1.51. The molecule has 1 aliphatic heterocycles. The van der Waals surface area contributed by atoms with E-state index in [1.54, 1.807) is 30.3 Å². The van der Waals surface area contributed by atoms with Gasteiger partial charge in [-0.25, -0.2) is 5.01 Å². The van der Waals surface area contributed by atoms with Crippen LogP contribution in [0.1, 0.15) is 31.8 Å². The van der Waals surface area contributed by atoms with Crippen LogP contribution in [0.5, 0.6) is 0 Å². The van der Waals surface area contributed by atoms with Crippen LogP contribution in [0.3, 0.4) is 0 Å². The fraction of sp³-hybridized carbons (Fsp3) is 0.308. The van der Waals surface area contributed by atoms with Gasteiger partial charge in [-0.2, -0.15) is 5.01 Å². The molecule has 2 aromatic rings. The van der Waals surface area contributed by atoms with Crippen LogP contribution in [0, 0.1) is 25.7 Å². The molecule has 1 heterocycles. The van der Waals surface area contributed by atoms with E-state index in [1.165, 1.54) is 12.1 Å². The van der Waals surface area contributed by atoms with Crippen molar-refractivity contribution >= 4 is 105 Å². The van der Waals surface area contributed by atoms with Crippen LogP contribution in [0.25, 0.3) is 0 Å². The SMILES string of the molecule is Cc1ccc(C(=O)CN(C(=O)c2ccccc2Cl)N2C(=O)[C@@H]3[C@@H](C2=O)[C@@]2(Cl)C(Cl)=C(Cl)[C@@]3(Cl)C2(Cl)Cl)cc1C. The number of nitrogens with zero attached hydrogens (tertiary/aromatic N) is 2. The van der Waals surface area contributed by atoms with Crippen LogP contribution < -0.4 is 0 Å². The van der Waals surface area contributed by atoms with Gasteiger partial charge in [0.1, 0.15) is 16.3 Å². The molecule has 5 rings (SSSR count). The zero-order valence-electron chi connectivity index (χ0n) is 20.1. The summed E-state index contributed by atoms with van der Waals surface area (Å²) in [5, 5.41) is 0.779. The molecule has 0 spiro atoms. The summed E-state index contributed by atoms with van der Waals surface area (Å²) in [6, 6.07) is 11.0. The first-order valence-corrected chi connectivity index (χ1v) is 14.1. The quantitative estimate of drug-likeness (QED) is 0.203. The molecule has 0 aromatic heterocycles. The van der Waals surface area contributed by atoms with Gasteiger partial charge >= 0.3 is 0 Å². The number of ketones is 1. The maximum Gasteiger partial charge on any atom is 0.274 e. The van der Waals surface area contributed by atoms with E-state index in [9.17, 15) is 19.2 Å². The van der Waals surface area contributed by atoms with Crippen molar-refractivity contribution in [1.82, 2.24) is 10.0 Å². The van der Waals surface area contributed by atoms with Crippen molar-refractivity contribution in [2.75, 3.05) is 6.54 Å². The number of carbonyl (C=O) groups excluding carboxylic acids is 4. The predicted molar refractivity (Wildman–Crippen MR) is 152 cm³/mol. The third-order valence-electron chi connectivity index (χ3n) is 7.59. The van der Waals surface area contributed by atoms with E-state index in [4.69, 9.17) is 81.2 Å². The van der Waals surface area contributed by atoms with Gasteiger partial charge in [0.25, 0.3) is 17.7 Å². The zero-order valence-corrected chi connectivity index (χ0v) is 25.4. The second-order valence-electron chi connectivity index (χ2n) is 9.63. The van der Waals surface area contributed by atoms with Gasteiger partial charge in [-0.15, -0.1) is 23.2 Å². The number of carbonyl (C=O) groups is 4. The Bertz CT molecular complexity index is 1480. The molecule has 3 amide bonds. The molecule has 1 saturated heterocycles. The number of aryl methyl sites for hydroxylation is 2. The number of hydrogen-bond acceptors (Lipinski definition) is 4. The van der Waals surface area contributed by atoms with Gasteiger partial charge in [-0.05, 0) is 43.2 Å². The summed E-state index contributed by atoms with van der Waals surface area (Å²) in [5.41, 5.74) is 2.02. The number of benzene rings is 2. The first kappa shape index (κ1) is 29.0. The molecule has 2 bridgehead atoms. The Morgan fingerprint density at radius 1 is 0.846 bits per heavy atom. The maximum absolute atomic E-state index is 13.9. The Kier molecular flexibility index (Phi) is 7.08. The average Bonchev–Trinajstić information content (AvgIpc) is 3.27. The van der Waals surface area contributed by atoms with E-state index in [1.807, 2.05) is 13.8 Å². The molecule has 1 saturated carbocycles. The van der Waals surface area contributed by atoms with Gasteiger partial charge < -0.3 is 0 Å². The highest BCUT2D eigenvalue weighted by Crippen LogP contribution is 2.77.